The highest BCUT2D eigenvalue weighted by molar-refractivity contribution is 7.14. The van der Waals surface area contributed by atoms with E-state index in [0.29, 0.717) is 27.9 Å². The molecular weight excluding hydrogens is 400 g/mol. The maximum Gasteiger partial charge on any atom is 0.261 e. The minimum atomic E-state index is -0.272. The van der Waals surface area contributed by atoms with Crippen LogP contribution >= 0.6 is 11.3 Å². The number of benzene rings is 3. The van der Waals surface area contributed by atoms with Gasteiger partial charge in [-0.3, -0.25) is 10.1 Å². The van der Waals surface area contributed by atoms with Crippen LogP contribution in [0.4, 0.5) is 5.13 Å². The zero-order chi connectivity index (χ0) is 21.1. The van der Waals surface area contributed by atoms with Crippen molar-refractivity contribution < 1.29 is 19.0 Å². The van der Waals surface area contributed by atoms with Crippen molar-refractivity contribution in [1.29, 1.82) is 0 Å². The number of amides is 1. The molecule has 0 bridgehead atoms. The van der Waals surface area contributed by atoms with E-state index in [4.69, 9.17) is 14.2 Å². The highest BCUT2D eigenvalue weighted by atomic mass is 32.1. The first-order valence-corrected chi connectivity index (χ1v) is 10.1. The summed E-state index contributed by atoms with van der Waals surface area (Å²) in [5.74, 6) is 1.51. The van der Waals surface area contributed by atoms with Crippen LogP contribution in [-0.2, 0) is 0 Å². The number of hydrogen-bond donors (Lipinski definition) is 1. The normalized spacial score (nSPS) is 10.6. The zero-order valence-corrected chi connectivity index (χ0v) is 17.6. The van der Waals surface area contributed by atoms with Gasteiger partial charge >= 0.3 is 0 Å². The first kappa shape index (κ1) is 19.7. The van der Waals surface area contributed by atoms with Gasteiger partial charge in [0.25, 0.3) is 5.91 Å². The number of fused-ring (bicyclic) bond motifs is 1. The lowest BCUT2D eigenvalue weighted by Gasteiger charge is -2.10. The highest BCUT2D eigenvalue weighted by Crippen LogP contribution is 2.34. The Hall–Kier alpha value is -3.58. The van der Waals surface area contributed by atoms with Gasteiger partial charge in [-0.2, -0.15) is 0 Å². The van der Waals surface area contributed by atoms with Crippen molar-refractivity contribution >= 4 is 33.1 Å². The smallest absolute Gasteiger partial charge is 0.261 e. The van der Waals surface area contributed by atoms with Crippen LogP contribution in [0.1, 0.15) is 10.4 Å². The van der Waals surface area contributed by atoms with E-state index in [1.54, 1.807) is 21.3 Å². The first-order valence-electron chi connectivity index (χ1n) is 9.19. The molecule has 0 spiro atoms. The number of nitrogens with zero attached hydrogens (tertiary/aromatic N) is 1. The second-order valence-electron chi connectivity index (χ2n) is 6.46. The van der Waals surface area contributed by atoms with Crippen LogP contribution in [-0.4, -0.2) is 32.2 Å². The lowest BCUT2D eigenvalue weighted by atomic mass is 10.1. The Balaban J connectivity index is 1.60. The lowest BCUT2D eigenvalue weighted by Crippen LogP contribution is -2.13. The molecule has 3 aromatic carbocycles. The predicted molar refractivity (Wildman–Crippen MR) is 119 cm³/mol. The highest BCUT2D eigenvalue weighted by Gasteiger charge is 2.16. The molecule has 4 rings (SSSR count). The van der Waals surface area contributed by atoms with Crippen LogP contribution in [0.3, 0.4) is 0 Å². The Kier molecular flexibility index (Phi) is 5.54. The largest absolute Gasteiger partial charge is 0.496 e. The van der Waals surface area contributed by atoms with E-state index in [-0.39, 0.29) is 5.91 Å². The van der Waals surface area contributed by atoms with Gasteiger partial charge in [0.2, 0.25) is 0 Å². The number of hydrogen-bond acceptors (Lipinski definition) is 6. The van der Waals surface area contributed by atoms with Gasteiger partial charge in [0.15, 0.2) is 16.6 Å². The van der Waals surface area contributed by atoms with E-state index in [9.17, 15) is 4.79 Å². The van der Waals surface area contributed by atoms with Crippen molar-refractivity contribution in [3.63, 3.8) is 0 Å². The number of rotatable bonds is 6. The molecule has 0 saturated heterocycles. The molecule has 6 nitrogen and oxygen atoms in total. The van der Waals surface area contributed by atoms with E-state index in [0.717, 1.165) is 22.0 Å². The molecule has 0 aliphatic carbocycles. The van der Waals surface area contributed by atoms with Crippen LogP contribution in [0.2, 0.25) is 0 Å². The third-order valence-electron chi connectivity index (χ3n) is 4.72. The van der Waals surface area contributed by atoms with E-state index >= 15 is 0 Å². The monoisotopic (exact) mass is 420 g/mol. The fraction of sp³-hybridized carbons (Fsp3) is 0.130. The number of aromatic nitrogens is 1. The van der Waals surface area contributed by atoms with Gasteiger partial charge in [0.1, 0.15) is 5.75 Å². The predicted octanol–water partition coefficient (Wildman–Crippen LogP) is 5.24. The summed E-state index contributed by atoms with van der Waals surface area (Å²) in [7, 11) is 4.74. The standard InChI is InChI=1S/C23H20N2O4S/c1-27-19-9-8-16(12-21(19)29-3)18-13-30-23(24-18)25-22(26)17-10-14-6-4-5-7-15(14)11-20(17)28-2/h4-13H,1-3H3,(H,24,25,26). The minimum absolute atomic E-state index is 0.272. The van der Waals surface area contributed by atoms with E-state index in [1.807, 2.05) is 60.0 Å². The number of thiazole rings is 1. The summed E-state index contributed by atoms with van der Waals surface area (Å²) in [5, 5.41) is 7.23. The molecule has 30 heavy (non-hydrogen) atoms. The molecular formula is C23H20N2O4S. The Bertz CT molecular complexity index is 1220. The van der Waals surface area contributed by atoms with Crippen LogP contribution in [0.25, 0.3) is 22.0 Å². The van der Waals surface area contributed by atoms with E-state index in [2.05, 4.69) is 10.3 Å². The van der Waals surface area contributed by atoms with Gasteiger partial charge in [0.05, 0.1) is 32.6 Å². The van der Waals surface area contributed by atoms with Crippen molar-refractivity contribution in [1.82, 2.24) is 4.98 Å². The summed E-state index contributed by atoms with van der Waals surface area (Å²) in [6.07, 6.45) is 0. The zero-order valence-electron chi connectivity index (χ0n) is 16.8. The van der Waals surface area contributed by atoms with E-state index < -0.39 is 0 Å². The molecule has 0 unspecified atom stereocenters. The Morgan fingerprint density at radius 1 is 0.867 bits per heavy atom. The maximum atomic E-state index is 12.9. The van der Waals surface area contributed by atoms with Crippen LogP contribution in [0.15, 0.2) is 60.0 Å². The van der Waals surface area contributed by atoms with Gasteiger partial charge in [-0.05, 0) is 41.1 Å². The molecule has 0 atom stereocenters. The Morgan fingerprint density at radius 2 is 1.57 bits per heavy atom. The number of methoxy groups -OCH3 is 3. The van der Waals surface area contributed by atoms with Crippen LogP contribution in [0, 0.1) is 0 Å². The molecule has 1 N–H and O–H groups in total. The summed E-state index contributed by atoms with van der Waals surface area (Å²) in [6, 6.07) is 17.1. The Morgan fingerprint density at radius 3 is 2.27 bits per heavy atom. The van der Waals surface area contributed by atoms with Gasteiger partial charge < -0.3 is 14.2 Å². The van der Waals surface area contributed by atoms with Gasteiger partial charge in [-0.1, -0.05) is 24.3 Å². The molecule has 0 saturated carbocycles. The van der Waals surface area contributed by atoms with Crippen molar-refractivity contribution in [2.24, 2.45) is 0 Å². The number of carbonyl (C=O) groups excluding carboxylic acids is 1. The quantitative estimate of drug-likeness (QED) is 0.462. The number of carbonyl (C=O) groups is 1. The van der Waals surface area contributed by atoms with Crippen molar-refractivity contribution in [3.05, 3.63) is 65.5 Å². The third kappa shape index (κ3) is 3.79. The van der Waals surface area contributed by atoms with Gasteiger partial charge in [-0.15, -0.1) is 11.3 Å². The average Bonchev–Trinajstić information content (AvgIpc) is 3.25. The maximum absolute atomic E-state index is 12.9. The second-order valence-corrected chi connectivity index (χ2v) is 7.32. The molecule has 0 radical (unpaired) electrons. The second kappa shape index (κ2) is 8.42. The lowest BCUT2D eigenvalue weighted by molar-refractivity contribution is 0.102. The molecule has 152 valence electrons. The van der Waals surface area contributed by atoms with Crippen LogP contribution < -0.4 is 19.5 Å². The number of nitrogens with one attached hydrogen (secondary N) is 1. The number of anilines is 1. The summed E-state index contributed by atoms with van der Waals surface area (Å²) in [5.41, 5.74) is 2.06. The summed E-state index contributed by atoms with van der Waals surface area (Å²) < 4.78 is 16.1. The van der Waals surface area contributed by atoms with Gasteiger partial charge in [0, 0.05) is 10.9 Å². The summed E-state index contributed by atoms with van der Waals surface area (Å²) in [4.78, 5) is 17.5. The van der Waals surface area contributed by atoms with Crippen molar-refractivity contribution in [2.45, 2.75) is 0 Å². The summed E-state index contributed by atoms with van der Waals surface area (Å²) >= 11 is 1.35. The molecule has 0 fully saturated rings. The van der Waals surface area contributed by atoms with Gasteiger partial charge in [-0.25, -0.2) is 4.98 Å². The van der Waals surface area contributed by atoms with Crippen molar-refractivity contribution in [2.75, 3.05) is 26.6 Å². The van der Waals surface area contributed by atoms with E-state index in [1.165, 1.54) is 11.3 Å². The molecule has 0 aliphatic rings. The average molecular weight is 420 g/mol. The molecule has 1 amide bonds. The minimum Gasteiger partial charge on any atom is -0.496 e. The summed E-state index contributed by atoms with van der Waals surface area (Å²) in [6.45, 7) is 0. The molecule has 1 aromatic heterocycles. The molecule has 7 heteroatoms. The SMILES string of the molecule is COc1ccc(-c2csc(NC(=O)c3cc4ccccc4cc3OC)n2)cc1OC. The Labute approximate surface area is 178 Å². The third-order valence-corrected chi connectivity index (χ3v) is 5.47. The topological polar surface area (TPSA) is 69.7 Å². The fourth-order valence-corrected chi connectivity index (χ4v) is 3.90. The molecule has 0 aliphatic heterocycles. The fourth-order valence-electron chi connectivity index (χ4n) is 3.19. The first-order chi connectivity index (χ1) is 14.6. The molecule has 4 aromatic rings. The number of ether oxygens (including phenoxy) is 3. The van der Waals surface area contributed by atoms with Crippen molar-refractivity contribution in [3.8, 4) is 28.5 Å². The molecule has 1 heterocycles. The van der Waals surface area contributed by atoms with Crippen LogP contribution in [0.5, 0.6) is 17.2 Å².